The fourth-order valence-corrected chi connectivity index (χ4v) is 3.91. The van der Waals surface area contributed by atoms with Crippen LogP contribution in [0.3, 0.4) is 0 Å². The molecule has 0 radical (unpaired) electrons. The molecule has 6 nitrogen and oxygen atoms in total. The van der Waals surface area contributed by atoms with Crippen molar-refractivity contribution in [1.29, 1.82) is 0 Å². The predicted molar refractivity (Wildman–Crippen MR) is 93.0 cm³/mol. The zero-order valence-corrected chi connectivity index (χ0v) is 14.2. The van der Waals surface area contributed by atoms with Crippen LogP contribution in [0.25, 0.3) is 0 Å². The smallest absolute Gasteiger partial charge is 0.253 e. The minimum atomic E-state index is -0.00494. The van der Waals surface area contributed by atoms with Crippen molar-refractivity contribution in [3.63, 3.8) is 0 Å². The van der Waals surface area contributed by atoms with E-state index in [1.54, 1.807) is 24.3 Å². The Labute approximate surface area is 147 Å². The van der Waals surface area contributed by atoms with Crippen LogP contribution in [0.4, 0.5) is 5.69 Å². The van der Waals surface area contributed by atoms with E-state index < -0.39 is 0 Å². The third-order valence-electron chi connectivity index (χ3n) is 5.69. The van der Waals surface area contributed by atoms with Gasteiger partial charge in [0.2, 0.25) is 11.8 Å². The van der Waals surface area contributed by atoms with Crippen LogP contribution < -0.4 is 10.6 Å². The normalized spacial score (nSPS) is 25.8. The summed E-state index contributed by atoms with van der Waals surface area (Å²) in [4.78, 5) is 38.0. The van der Waals surface area contributed by atoms with E-state index in [0.717, 1.165) is 31.4 Å². The zero-order valence-electron chi connectivity index (χ0n) is 14.2. The lowest BCUT2D eigenvalue weighted by Gasteiger charge is -2.34. The lowest BCUT2D eigenvalue weighted by Crippen LogP contribution is -2.47. The van der Waals surface area contributed by atoms with Crippen molar-refractivity contribution in [3.05, 3.63) is 29.8 Å². The second-order valence-electron chi connectivity index (χ2n) is 7.37. The second-order valence-corrected chi connectivity index (χ2v) is 7.37. The van der Waals surface area contributed by atoms with E-state index in [1.165, 1.54) is 0 Å². The first-order valence-corrected chi connectivity index (χ1v) is 9.10. The topological polar surface area (TPSA) is 78.5 Å². The third kappa shape index (κ3) is 3.25. The number of rotatable bonds is 3. The van der Waals surface area contributed by atoms with E-state index in [9.17, 15) is 14.4 Å². The number of carbonyl (C=O) groups excluding carboxylic acids is 3. The molecule has 2 atom stereocenters. The molecule has 1 aromatic carbocycles. The Morgan fingerprint density at radius 3 is 2.56 bits per heavy atom. The summed E-state index contributed by atoms with van der Waals surface area (Å²) in [5, 5.41) is 5.90. The molecule has 1 aromatic rings. The largest absolute Gasteiger partial charge is 0.353 e. The summed E-state index contributed by atoms with van der Waals surface area (Å²) in [5.41, 5.74) is 1.36. The van der Waals surface area contributed by atoms with Gasteiger partial charge in [-0.05, 0) is 43.5 Å². The van der Waals surface area contributed by atoms with Crippen molar-refractivity contribution in [1.82, 2.24) is 10.2 Å². The quantitative estimate of drug-likeness (QED) is 0.879. The minimum absolute atomic E-state index is 0.00494. The van der Waals surface area contributed by atoms with E-state index in [1.807, 2.05) is 4.90 Å². The van der Waals surface area contributed by atoms with E-state index in [-0.39, 0.29) is 35.6 Å². The van der Waals surface area contributed by atoms with Gasteiger partial charge >= 0.3 is 0 Å². The lowest BCUT2D eigenvalue weighted by atomic mass is 9.85. The zero-order chi connectivity index (χ0) is 17.4. The number of amides is 3. The van der Waals surface area contributed by atoms with Gasteiger partial charge in [0.05, 0.1) is 0 Å². The first kappa shape index (κ1) is 16.1. The van der Waals surface area contributed by atoms with Crippen LogP contribution in [0.2, 0.25) is 0 Å². The van der Waals surface area contributed by atoms with E-state index in [2.05, 4.69) is 10.6 Å². The molecule has 25 heavy (non-hydrogen) atoms. The van der Waals surface area contributed by atoms with Crippen molar-refractivity contribution >= 4 is 23.4 Å². The van der Waals surface area contributed by atoms with E-state index >= 15 is 0 Å². The number of benzene rings is 1. The Bertz CT molecular complexity index is 696. The first-order chi connectivity index (χ1) is 12.1. The Hall–Kier alpha value is -2.37. The van der Waals surface area contributed by atoms with E-state index in [4.69, 9.17) is 0 Å². The van der Waals surface area contributed by atoms with Crippen molar-refractivity contribution in [3.8, 4) is 0 Å². The van der Waals surface area contributed by atoms with Gasteiger partial charge in [0.25, 0.3) is 5.91 Å². The summed E-state index contributed by atoms with van der Waals surface area (Å²) in [5.74, 6) is 0.535. The maximum absolute atomic E-state index is 12.7. The highest BCUT2D eigenvalue weighted by Crippen LogP contribution is 2.28. The molecule has 132 valence electrons. The molecule has 1 aliphatic carbocycles. The highest BCUT2D eigenvalue weighted by Gasteiger charge is 2.38. The molecule has 2 heterocycles. The van der Waals surface area contributed by atoms with Crippen LogP contribution in [0, 0.1) is 11.8 Å². The maximum atomic E-state index is 12.7. The van der Waals surface area contributed by atoms with Crippen LogP contribution in [-0.2, 0) is 9.59 Å². The Morgan fingerprint density at radius 1 is 1.12 bits per heavy atom. The van der Waals surface area contributed by atoms with Gasteiger partial charge in [-0.2, -0.15) is 0 Å². The van der Waals surface area contributed by atoms with Crippen LogP contribution in [-0.4, -0.2) is 41.8 Å². The van der Waals surface area contributed by atoms with Crippen LogP contribution in [0.15, 0.2) is 24.3 Å². The number of fused-ring (bicyclic) bond motifs is 1. The number of hydrogen-bond donors (Lipinski definition) is 2. The predicted octanol–water partition coefficient (Wildman–Crippen LogP) is 1.78. The molecule has 0 bridgehead atoms. The standard InChI is InChI=1S/C19H23N3O3/c23-17-10-14-11-22(9-8-16(14)21-17)19(25)13-4-6-15(7-5-13)20-18(24)12-2-1-3-12/h4-7,12,14,16H,1-3,8-11H2,(H,20,24)(H,21,23)/t14-,16+/m1/s1. The average Bonchev–Trinajstić information content (AvgIpc) is 2.92. The number of anilines is 1. The van der Waals surface area contributed by atoms with Crippen LogP contribution in [0.5, 0.6) is 0 Å². The Morgan fingerprint density at radius 2 is 1.88 bits per heavy atom. The number of likely N-dealkylation sites (tertiary alicyclic amines) is 1. The van der Waals surface area contributed by atoms with Crippen LogP contribution in [0.1, 0.15) is 42.5 Å². The minimum Gasteiger partial charge on any atom is -0.353 e. The monoisotopic (exact) mass is 341 g/mol. The molecule has 3 aliphatic rings. The van der Waals surface area contributed by atoms with Crippen molar-refractivity contribution in [2.24, 2.45) is 11.8 Å². The summed E-state index contributed by atoms with van der Waals surface area (Å²) in [6, 6.07) is 7.33. The maximum Gasteiger partial charge on any atom is 0.253 e. The molecule has 0 unspecified atom stereocenters. The molecular formula is C19H23N3O3. The van der Waals surface area contributed by atoms with Gasteiger partial charge in [-0.3, -0.25) is 14.4 Å². The molecule has 3 amide bonds. The van der Waals surface area contributed by atoms with E-state index in [0.29, 0.717) is 25.1 Å². The SMILES string of the molecule is O=C1C[C@@H]2CN(C(=O)c3ccc(NC(=O)C4CCC4)cc3)CC[C@@H]2N1. The fourth-order valence-electron chi connectivity index (χ4n) is 3.91. The molecule has 4 rings (SSSR count). The molecule has 6 heteroatoms. The molecule has 0 aromatic heterocycles. The Balaban J connectivity index is 1.37. The Kier molecular flexibility index (Phi) is 4.19. The van der Waals surface area contributed by atoms with Gasteiger partial charge in [-0.1, -0.05) is 6.42 Å². The lowest BCUT2D eigenvalue weighted by molar-refractivity contribution is -0.122. The van der Waals surface area contributed by atoms with Gasteiger partial charge < -0.3 is 15.5 Å². The first-order valence-electron chi connectivity index (χ1n) is 9.10. The number of carbonyl (C=O) groups is 3. The summed E-state index contributed by atoms with van der Waals surface area (Å²) in [6.07, 6.45) is 4.40. The summed E-state index contributed by atoms with van der Waals surface area (Å²) in [6.45, 7) is 1.29. The van der Waals surface area contributed by atoms with Crippen molar-refractivity contribution in [2.75, 3.05) is 18.4 Å². The summed E-state index contributed by atoms with van der Waals surface area (Å²) >= 11 is 0. The summed E-state index contributed by atoms with van der Waals surface area (Å²) in [7, 11) is 0. The van der Waals surface area contributed by atoms with Gasteiger partial charge in [-0.25, -0.2) is 0 Å². The van der Waals surface area contributed by atoms with Gasteiger partial charge in [0, 0.05) is 48.6 Å². The van der Waals surface area contributed by atoms with Gasteiger partial charge in [0.1, 0.15) is 0 Å². The molecule has 2 N–H and O–H groups in total. The second kappa shape index (κ2) is 6.50. The highest BCUT2D eigenvalue weighted by molar-refractivity contribution is 5.96. The number of nitrogens with one attached hydrogen (secondary N) is 2. The summed E-state index contributed by atoms with van der Waals surface area (Å²) < 4.78 is 0. The number of piperidine rings is 1. The molecule has 3 fully saturated rings. The number of hydrogen-bond acceptors (Lipinski definition) is 3. The molecule has 2 saturated heterocycles. The molecule has 0 spiro atoms. The molecule has 2 aliphatic heterocycles. The number of nitrogens with zero attached hydrogens (tertiary/aromatic N) is 1. The molecule has 1 saturated carbocycles. The molecular weight excluding hydrogens is 318 g/mol. The van der Waals surface area contributed by atoms with Gasteiger partial charge in [0.15, 0.2) is 0 Å². The average molecular weight is 341 g/mol. The third-order valence-corrected chi connectivity index (χ3v) is 5.69. The van der Waals surface area contributed by atoms with Crippen molar-refractivity contribution < 1.29 is 14.4 Å². The fraction of sp³-hybridized carbons (Fsp3) is 0.526. The van der Waals surface area contributed by atoms with Crippen LogP contribution >= 0.6 is 0 Å². The van der Waals surface area contributed by atoms with Gasteiger partial charge in [-0.15, -0.1) is 0 Å². The highest BCUT2D eigenvalue weighted by atomic mass is 16.2. The van der Waals surface area contributed by atoms with Crippen molar-refractivity contribution in [2.45, 2.75) is 38.1 Å².